The van der Waals surface area contributed by atoms with Crippen molar-refractivity contribution < 1.29 is 17.8 Å². The maximum Gasteiger partial charge on any atom is 0.252 e. The number of hydrogen-bond acceptors (Lipinski definition) is 5. The molecule has 7 nitrogen and oxygen atoms in total. The van der Waals surface area contributed by atoms with Gasteiger partial charge in [0, 0.05) is 39.1 Å². The fraction of sp³-hybridized carbons (Fsp3) is 0.526. The second-order valence-corrected chi connectivity index (χ2v) is 6.29. The van der Waals surface area contributed by atoms with Crippen LogP contribution in [0.5, 0.6) is 0 Å². The zero-order chi connectivity index (χ0) is 23.5. The Bertz CT molecular complexity index is 1060. The number of rotatable bonds is 3. The van der Waals surface area contributed by atoms with Gasteiger partial charge in [-0.05, 0) is 31.6 Å². The molecule has 1 atom stereocenters. The zero-order valence-electron chi connectivity index (χ0n) is 20.4. The van der Waals surface area contributed by atoms with Crippen molar-refractivity contribution in [3.05, 3.63) is 45.7 Å². The highest BCUT2D eigenvalue weighted by molar-refractivity contribution is 5.82. The van der Waals surface area contributed by atoms with E-state index in [0.717, 1.165) is 17.1 Å². The number of amides is 1. The number of H-pyrrole nitrogens is 1. The van der Waals surface area contributed by atoms with Crippen molar-refractivity contribution in [2.24, 2.45) is 0 Å². The predicted molar refractivity (Wildman–Crippen MR) is 97.9 cm³/mol. The molecule has 1 aliphatic carbocycles. The Hall–Kier alpha value is -2.41. The van der Waals surface area contributed by atoms with Crippen LogP contribution in [0, 0.1) is 0 Å². The summed E-state index contributed by atoms with van der Waals surface area (Å²) in [4.78, 5) is 35.3. The van der Waals surface area contributed by atoms with E-state index in [4.69, 9.17) is 13.0 Å². The van der Waals surface area contributed by atoms with Gasteiger partial charge in [-0.1, -0.05) is 12.2 Å². The Morgan fingerprint density at radius 2 is 2.15 bits per heavy atom. The molecular formula is C19H24N4O3. The highest BCUT2D eigenvalue weighted by atomic mass is 16.5. The molecule has 1 aromatic heterocycles. The van der Waals surface area contributed by atoms with Gasteiger partial charge in [0.1, 0.15) is 11.6 Å². The van der Waals surface area contributed by atoms with Gasteiger partial charge in [-0.2, -0.15) is 0 Å². The van der Waals surface area contributed by atoms with E-state index in [1.165, 1.54) is 13.0 Å². The van der Waals surface area contributed by atoms with Crippen molar-refractivity contribution in [1.29, 1.82) is 0 Å². The summed E-state index contributed by atoms with van der Waals surface area (Å²) in [7, 11) is 0. The highest BCUT2D eigenvalue weighted by Gasteiger charge is 2.34. The van der Waals surface area contributed by atoms with Gasteiger partial charge < -0.3 is 19.5 Å². The van der Waals surface area contributed by atoms with E-state index in [0.29, 0.717) is 32.1 Å². The summed E-state index contributed by atoms with van der Waals surface area (Å²) in [6, 6.07) is 0.351. The van der Waals surface area contributed by atoms with Crippen LogP contribution < -0.4 is 10.5 Å². The van der Waals surface area contributed by atoms with Crippen LogP contribution in [0.4, 0.5) is 5.82 Å². The molecule has 0 bridgehead atoms. The van der Waals surface area contributed by atoms with Crippen LogP contribution in [-0.2, 0) is 16.0 Å². The topological polar surface area (TPSA) is 78.5 Å². The average molecular weight is 362 g/mol. The van der Waals surface area contributed by atoms with Crippen molar-refractivity contribution in [3.8, 4) is 0 Å². The van der Waals surface area contributed by atoms with Crippen LogP contribution in [0.1, 0.15) is 40.1 Å². The number of aromatic amines is 1. The molecule has 3 heterocycles. The largest absolute Gasteiger partial charge is 0.378 e. The number of allylic oxidation sites excluding steroid dienone is 3. The molecular weight excluding hydrogens is 332 g/mol. The standard InChI is InChI=1S/C19H24N4O3/c1-13-10-14-4-2-3-5-15(14)23(13)19(25)11-16-20-17(12-18(24)21-16)22-6-8-26-9-7-22/h4-5,12-13H,2-3,6-11H2,1H3,(H,20,21,24)/i2D2,3D2,10D2. The Morgan fingerprint density at radius 3 is 2.96 bits per heavy atom. The van der Waals surface area contributed by atoms with E-state index in [1.54, 1.807) is 0 Å². The van der Waals surface area contributed by atoms with Gasteiger partial charge in [-0.15, -0.1) is 0 Å². The van der Waals surface area contributed by atoms with Crippen molar-refractivity contribution >= 4 is 11.7 Å². The molecule has 2 aliphatic heterocycles. The van der Waals surface area contributed by atoms with E-state index < -0.39 is 36.6 Å². The van der Waals surface area contributed by atoms with E-state index in [2.05, 4.69) is 9.97 Å². The summed E-state index contributed by atoms with van der Waals surface area (Å²) >= 11 is 0. The number of hydrogen-bond donors (Lipinski definition) is 1. The molecule has 0 spiro atoms. The van der Waals surface area contributed by atoms with Crippen molar-refractivity contribution in [3.63, 3.8) is 0 Å². The Labute approximate surface area is 160 Å². The third-order valence-corrected chi connectivity index (χ3v) is 4.50. The van der Waals surface area contributed by atoms with E-state index in [1.807, 2.05) is 4.90 Å². The Morgan fingerprint density at radius 1 is 1.38 bits per heavy atom. The van der Waals surface area contributed by atoms with E-state index in [9.17, 15) is 9.59 Å². The summed E-state index contributed by atoms with van der Waals surface area (Å²) in [5, 5.41) is 0. The van der Waals surface area contributed by atoms with Crippen LogP contribution in [0.15, 0.2) is 34.3 Å². The number of carbonyl (C=O) groups excluding carboxylic acids is 1. The van der Waals surface area contributed by atoms with E-state index in [-0.39, 0.29) is 23.5 Å². The molecule has 138 valence electrons. The quantitative estimate of drug-likeness (QED) is 0.879. The molecule has 7 heteroatoms. The first-order chi connectivity index (χ1) is 14.8. The fourth-order valence-electron chi connectivity index (χ4n) is 3.30. The summed E-state index contributed by atoms with van der Waals surface area (Å²) in [5.74, 6) is -0.0351. The van der Waals surface area contributed by atoms with Crippen LogP contribution in [0.3, 0.4) is 0 Å². The molecule has 1 aromatic rings. The molecule has 4 rings (SSSR count). The first-order valence-electron chi connectivity index (χ1n) is 11.5. The Balaban J connectivity index is 1.65. The molecule has 1 amide bonds. The molecule has 1 unspecified atom stereocenters. The summed E-state index contributed by atoms with van der Waals surface area (Å²) in [6.07, 6.45) is -5.33. The number of aromatic nitrogens is 2. The number of likely N-dealkylation sites (tertiary alicyclic amines) is 1. The van der Waals surface area contributed by atoms with Crippen LogP contribution in [0.25, 0.3) is 0 Å². The van der Waals surface area contributed by atoms with Gasteiger partial charge in [-0.25, -0.2) is 4.98 Å². The molecule has 26 heavy (non-hydrogen) atoms. The molecule has 0 aromatic carbocycles. The molecule has 2 saturated heterocycles. The van der Waals surface area contributed by atoms with Crippen molar-refractivity contribution in [2.75, 3.05) is 31.2 Å². The lowest BCUT2D eigenvalue weighted by molar-refractivity contribution is -0.129. The van der Waals surface area contributed by atoms with Gasteiger partial charge in [0.05, 0.1) is 19.6 Å². The number of nitrogens with zero attached hydrogens (tertiary/aromatic N) is 3. The first-order valence-corrected chi connectivity index (χ1v) is 8.55. The monoisotopic (exact) mass is 362 g/mol. The van der Waals surface area contributed by atoms with Crippen LogP contribution in [0.2, 0.25) is 0 Å². The lowest BCUT2D eigenvalue weighted by Crippen LogP contribution is -2.38. The number of carbonyl (C=O) groups is 1. The van der Waals surface area contributed by atoms with Crippen molar-refractivity contribution in [2.45, 2.75) is 38.5 Å². The highest BCUT2D eigenvalue weighted by Crippen LogP contribution is 2.36. The number of morpholine rings is 1. The lowest BCUT2D eigenvalue weighted by Gasteiger charge is -2.28. The zero-order valence-corrected chi connectivity index (χ0v) is 14.4. The number of nitrogens with one attached hydrogen (secondary N) is 1. The summed E-state index contributed by atoms with van der Waals surface area (Å²) < 4.78 is 54.1. The lowest BCUT2D eigenvalue weighted by atomic mass is 10.0. The van der Waals surface area contributed by atoms with Gasteiger partial charge >= 0.3 is 0 Å². The van der Waals surface area contributed by atoms with Gasteiger partial charge in [0.25, 0.3) is 5.56 Å². The average Bonchev–Trinajstić information content (AvgIpc) is 2.87. The van der Waals surface area contributed by atoms with Crippen molar-refractivity contribution in [1.82, 2.24) is 14.9 Å². The molecule has 2 fully saturated rings. The Kier molecular flexibility index (Phi) is 3.08. The maximum atomic E-state index is 13.2. The fourth-order valence-corrected chi connectivity index (χ4v) is 3.30. The minimum Gasteiger partial charge on any atom is -0.378 e. The SMILES string of the molecule is [2H]C1([2H])C2=CC([2H])([2H])C([2H])([2H])C=C2N(C(=O)Cc2nc(N3CCOCC3)cc(=O)[nH]2)C1C. The normalized spacial score (nSPS) is 32.0. The van der Waals surface area contributed by atoms with E-state index >= 15 is 0 Å². The minimum absolute atomic E-state index is 0.0132. The van der Waals surface area contributed by atoms with Gasteiger partial charge in [0.15, 0.2) is 0 Å². The molecule has 3 aliphatic rings. The summed E-state index contributed by atoms with van der Waals surface area (Å²) in [6.45, 7) is 3.61. The number of fused-ring (bicyclic) bond motifs is 1. The predicted octanol–water partition coefficient (Wildman–Crippen LogP) is 1.37. The maximum absolute atomic E-state index is 13.2. The second-order valence-electron chi connectivity index (χ2n) is 6.29. The molecule has 0 saturated carbocycles. The number of anilines is 1. The third kappa shape index (κ3) is 3.31. The molecule has 1 N–H and O–H groups in total. The van der Waals surface area contributed by atoms with Crippen LogP contribution in [-0.4, -0.2) is 53.1 Å². The number of ether oxygens (including phenoxy) is 1. The second kappa shape index (κ2) is 7.07. The summed E-state index contributed by atoms with van der Waals surface area (Å²) in [5.41, 5.74) is -0.461. The van der Waals surface area contributed by atoms with Gasteiger partial charge in [0.2, 0.25) is 5.91 Å². The van der Waals surface area contributed by atoms with Gasteiger partial charge in [-0.3, -0.25) is 9.59 Å². The first kappa shape index (κ1) is 11.3. The molecule has 0 radical (unpaired) electrons. The van der Waals surface area contributed by atoms with Crippen LogP contribution >= 0.6 is 0 Å². The third-order valence-electron chi connectivity index (χ3n) is 4.50. The smallest absolute Gasteiger partial charge is 0.252 e. The minimum atomic E-state index is -2.42.